The van der Waals surface area contributed by atoms with E-state index in [1.807, 2.05) is 0 Å². The molecule has 158 valence electrons. The highest BCUT2D eigenvalue weighted by molar-refractivity contribution is 5.97. The van der Waals surface area contributed by atoms with Gasteiger partial charge in [0.1, 0.15) is 6.10 Å². The maximum Gasteiger partial charge on any atom is 0.303 e. The van der Waals surface area contributed by atoms with Crippen LogP contribution in [0, 0.1) is 17.8 Å². The van der Waals surface area contributed by atoms with Gasteiger partial charge in [0.15, 0.2) is 5.78 Å². The molecule has 2 atom stereocenters. The average molecular weight is 391 g/mol. The van der Waals surface area contributed by atoms with E-state index in [4.69, 9.17) is 9.84 Å². The summed E-state index contributed by atoms with van der Waals surface area (Å²) in [6.45, 7) is 4.91. The number of ether oxygens (including phenoxy) is 1. The fourth-order valence-electron chi connectivity index (χ4n) is 3.50. The Morgan fingerprint density at radius 2 is 1.75 bits per heavy atom. The lowest BCUT2D eigenvalue weighted by Gasteiger charge is -2.21. The first-order valence-corrected chi connectivity index (χ1v) is 11.2. The number of aliphatic carboxylic acids is 1. The molecule has 1 aliphatic carbocycles. The van der Waals surface area contributed by atoms with Crippen LogP contribution >= 0.6 is 0 Å². The number of carbonyl (C=O) groups excluding carboxylic acids is 1. The number of unbranched alkanes of at least 4 members (excludes halogenated alkanes) is 8. The van der Waals surface area contributed by atoms with Gasteiger partial charge in [0.05, 0.1) is 5.92 Å². The van der Waals surface area contributed by atoms with Crippen LogP contribution in [0.25, 0.3) is 0 Å². The minimum absolute atomic E-state index is 0.101. The second-order valence-corrected chi connectivity index (χ2v) is 7.71. The van der Waals surface area contributed by atoms with Crippen LogP contribution in [0.3, 0.4) is 0 Å². The molecule has 28 heavy (non-hydrogen) atoms. The summed E-state index contributed by atoms with van der Waals surface area (Å²) in [6.07, 6.45) is 13.8. The van der Waals surface area contributed by atoms with E-state index in [9.17, 15) is 9.59 Å². The van der Waals surface area contributed by atoms with E-state index < -0.39 is 5.97 Å². The van der Waals surface area contributed by atoms with Crippen molar-refractivity contribution in [2.45, 2.75) is 103 Å². The zero-order valence-corrected chi connectivity index (χ0v) is 17.8. The molecule has 0 aromatic heterocycles. The molecule has 0 aliphatic heterocycles. The summed E-state index contributed by atoms with van der Waals surface area (Å²) in [5.41, 5.74) is 0.840. The van der Waals surface area contributed by atoms with Gasteiger partial charge in [0.2, 0.25) is 0 Å². The molecule has 1 N–H and O–H groups in total. The molecule has 0 unspecified atom stereocenters. The maximum atomic E-state index is 12.5. The molecule has 0 aromatic carbocycles. The summed E-state index contributed by atoms with van der Waals surface area (Å²) in [5.74, 6) is 5.73. The van der Waals surface area contributed by atoms with E-state index in [0.717, 1.165) is 50.5 Å². The number of allylic oxidation sites excluding steroid dienone is 1. The molecule has 1 rings (SSSR count). The summed E-state index contributed by atoms with van der Waals surface area (Å²) in [4.78, 5) is 23.1. The summed E-state index contributed by atoms with van der Waals surface area (Å²) < 4.78 is 6.10. The van der Waals surface area contributed by atoms with E-state index in [1.165, 1.54) is 25.7 Å². The lowest BCUT2D eigenvalue weighted by atomic mass is 9.94. The lowest BCUT2D eigenvalue weighted by Crippen LogP contribution is -2.26. The molecular weight excluding hydrogens is 352 g/mol. The van der Waals surface area contributed by atoms with Crippen molar-refractivity contribution in [3.8, 4) is 11.8 Å². The molecular formula is C24H38O4. The normalized spacial score (nSPS) is 18.6. The van der Waals surface area contributed by atoms with E-state index in [1.54, 1.807) is 6.08 Å². The molecule has 1 aliphatic rings. The highest BCUT2D eigenvalue weighted by atomic mass is 16.5. The van der Waals surface area contributed by atoms with Gasteiger partial charge in [-0.3, -0.25) is 9.59 Å². The first-order chi connectivity index (χ1) is 13.6. The topological polar surface area (TPSA) is 63.6 Å². The Balaban J connectivity index is 2.56. The van der Waals surface area contributed by atoms with Crippen molar-refractivity contribution in [2.75, 3.05) is 6.61 Å². The van der Waals surface area contributed by atoms with Crippen LogP contribution in [0.1, 0.15) is 97.3 Å². The van der Waals surface area contributed by atoms with Gasteiger partial charge in [0, 0.05) is 25.0 Å². The number of ketones is 1. The second-order valence-electron chi connectivity index (χ2n) is 7.71. The molecule has 0 amide bonds. The summed E-state index contributed by atoms with van der Waals surface area (Å²) in [5, 5.41) is 8.71. The number of carbonyl (C=O) groups is 2. The highest BCUT2D eigenvalue weighted by Crippen LogP contribution is 2.30. The Labute approximate surface area is 171 Å². The number of carboxylic acids is 1. The van der Waals surface area contributed by atoms with E-state index >= 15 is 0 Å². The van der Waals surface area contributed by atoms with Gasteiger partial charge in [-0.2, -0.15) is 0 Å². The molecule has 0 aromatic rings. The van der Waals surface area contributed by atoms with Crippen LogP contribution in [0.15, 0.2) is 11.6 Å². The predicted octanol–water partition coefficient (Wildman–Crippen LogP) is 5.70. The number of hydrogen-bond acceptors (Lipinski definition) is 3. The molecule has 0 radical (unpaired) electrons. The molecule has 0 heterocycles. The lowest BCUT2D eigenvalue weighted by molar-refractivity contribution is -0.137. The average Bonchev–Trinajstić information content (AvgIpc) is 2.96. The molecule has 0 spiro atoms. The van der Waals surface area contributed by atoms with Crippen LogP contribution in [0.2, 0.25) is 0 Å². The van der Waals surface area contributed by atoms with Crippen molar-refractivity contribution in [3.63, 3.8) is 0 Å². The van der Waals surface area contributed by atoms with Gasteiger partial charge in [-0.25, -0.2) is 0 Å². The minimum atomic E-state index is -0.752. The van der Waals surface area contributed by atoms with E-state index in [-0.39, 0.29) is 24.2 Å². The van der Waals surface area contributed by atoms with Crippen molar-refractivity contribution < 1.29 is 19.4 Å². The highest BCUT2D eigenvalue weighted by Gasteiger charge is 2.35. The van der Waals surface area contributed by atoms with E-state index in [2.05, 4.69) is 25.7 Å². The predicted molar refractivity (Wildman–Crippen MR) is 113 cm³/mol. The Bertz CT molecular complexity index is 553. The zero-order valence-electron chi connectivity index (χ0n) is 17.8. The van der Waals surface area contributed by atoms with Crippen molar-refractivity contribution >= 4 is 11.8 Å². The monoisotopic (exact) mass is 390 g/mol. The van der Waals surface area contributed by atoms with Gasteiger partial charge in [0.25, 0.3) is 0 Å². The summed E-state index contributed by atoms with van der Waals surface area (Å²) in [6, 6.07) is 0. The molecule has 4 heteroatoms. The third-order valence-corrected chi connectivity index (χ3v) is 5.17. The largest absolute Gasteiger partial charge is 0.481 e. The van der Waals surface area contributed by atoms with Gasteiger partial charge < -0.3 is 9.84 Å². The van der Waals surface area contributed by atoms with Crippen LogP contribution in [0.4, 0.5) is 0 Å². The smallest absolute Gasteiger partial charge is 0.303 e. The number of carboxylic acid groups (broad SMARTS) is 1. The van der Waals surface area contributed by atoms with Crippen molar-refractivity contribution in [2.24, 2.45) is 5.92 Å². The number of hydrogen-bond donors (Lipinski definition) is 1. The van der Waals surface area contributed by atoms with Crippen molar-refractivity contribution in [1.29, 1.82) is 0 Å². The fourth-order valence-corrected chi connectivity index (χ4v) is 3.50. The zero-order chi connectivity index (χ0) is 20.6. The Kier molecular flexibility index (Phi) is 13.4. The molecule has 0 saturated carbocycles. The minimum Gasteiger partial charge on any atom is -0.481 e. The van der Waals surface area contributed by atoms with Crippen molar-refractivity contribution in [3.05, 3.63) is 11.6 Å². The third-order valence-electron chi connectivity index (χ3n) is 5.17. The van der Waals surface area contributed by atoms with Crippen LogP contribution < -0.4 is 0 Å². The molecule has 0 fully saturated rings. The van der Waals surface area contributed by atoms with Crippen molar-refractivity contribution in [1.82, 2.24) is 0 Å². The summed E-state index contributed by atoms with van der Waals surface area (Å²) in [7, 11) is 0. The van der Waals surface area contributed by atoms with Gasteiger partial charge in [-0.1, -0.05) is 70.6 Å². The molecule has 0 saturated heterocycles. The standard InChI is InChI=1S/C24H38O4/c1-3-5-7-9-11-15-20-19-22(25)21(16-12-8-6-4-2)24(20)28-18-14-10-13-17-23(26)27/h19,21,24H,3-10,12-14,16-18H2,1-2H3,(H,26,27)/t21-,24+/m0/s1. The van der Waals surface area contributed by atoms with Gasteiger partial charge in [-0.05, 0) is 31.8 Å². The first-order valence-electron chi connectivity index (χ1n) is 11.2. The summed E-state index contributed by atoms with van der Waals surface area (Å²) >= 11 is 0. The van der Waals surface area contributed by atoms with Crippen LogP contribution in [0.5, 0.6) is 0 Å². The quantitative estimate of drug-likeness (QED) is 0.288. The van der Waals surface area contributed by atoms with Crippen LogP contribution in [-0.2, 0) is 14.3 Å². The maximum absolute atomic E-state index is 12.5. The Morgan fingerprint density at radius 3 is 2.46 bits per heavy atom. The first kappa shape index (κ1) is 24.4. The fraction of sp³-hybridized carbons (Fsp3) is 0.750. The number of rotatable bonds is 15. The molecule has 0 bridgehead atoms. The van der Waals surface area contributed by atoms with E-state index in [0.29, 0.717) is 13.0 Å². The third kappa shape index (κ3) is 10.1. The Morgan fingerprint density at radius 1 is 1.04 bits per heavy atom. The SMILES string of the molecule is CCCCCC#CC1=CC(=O)[C@H](CCCCCC)[C@@H]1OCCCCCC(=O)O. The van der Waals surface area contributed by atoms with Gasteiger partial charge in [-0.15, -0.1) is 0 Å². The second kappa shape index (κ2) is 15.3. The van der Waals surface area contributed by atoms with Crippen LogP contribution in [-0.4, -0.2) is 29.6 Å². The Hall–Kier alpha value is -1.60. The van der Waals surface area contributed by atoms with Gasteiger partial charge >= 0.3 is 5.97 Å². The molecule has 4 nitrogen and oxygen atoms in total.